The number of carbonyl (C=O) groups excluding carboxylic acids is 1. The standard InChI is InChI=1S/C16H17ClN6O/c1-10-8-11(2)23(22-10)7-3-6-18-16(24)15-19-14-9-12(17)4-5-13(14)20-21-15/h4-5,8-9H,3,6-7H2,1-2H3,(H,18,24). The molecule has 0 aliphatic rings. The Morgan fingerprint density at radius 1 is 1.21 bits per heavy atom. The molecular formula is C16H17ClN6O. The van der Waals surface area contributed by atoms with Crippen LogP contribution in [0.1, 0.15) is 28.4 Å². The number of hydrogen-bond donors (Lipinski definition) is 1. The molecule has 0 aliphatic heterocycles. The molecule has 0 radical (unpaired) electrons. The number of nitrogens with one attached hydrogen (secondary N) is 1. The first-order valence-electron chi connectivity index (χ1n) is 7.62. The molecule has 3 aromatic rings. The van der Waals surface area contributed by atoms with Gasteiger partial charge in [0.25, 0.3) is 5.91 Å². The number of rotatable bonds is 5. The highest BCUT2D eigenvalue weighted by atomic mass is 35.5. The average Bonchev–Trinajstić information content (AvgIpc) is 2.88. The zero-order chi connectivity index (χ0) is 17.1. The van der Waals surface area contributed by atoms with Gasteiger partial charge in [-0.2, -0.15) is 5.10 Å². The number of aryl methyl sites for hydroxylation is 3. The first kappa shape index (κ1) is 16.3. The monoisotopic (exact) mass is 344 g/mol. The van der Waals surface area contributed by atoms with E-state index in [-0.39, 0.29) is 11.7 Å². The Balaban J connectivity index is 1.58. The van der Waals surface area contributed by atoms with Crippen molar-refractivity contribution in [1.29, 1.82) is 0 Å². The minimum atomic E-state index is -0.349. The summed E-state index contributed by atoms with van der Waals surface area (Å²) >= 11 is 5.93. The van der Waals surface area contributed by atoms with Crippen LogP contribution in [0, 0.1) is 13.8 Å². The van der Waals surface area contributed by atoms with E-state index in [0.29, 0.717) is 22.6 Å². The lowest BCUT2D eigenvalue weighted by Crippen LogP contribution is -2.27. The summed E-state index contributed by atoms with van der Waals surface area (Å²) in [6, 6.07) is 7.11. The van der Waals surface area contributed by atoms with E-state index in [1.165, 1.54) is 0 Å². The number of carbonyl (C=O) groups is 1. The van der Waals surface area contributed by atoms with Crippen LogP contribution in [0.5, 0.6) is 0 Å². The lowest BCUT2D eigenvalue weighted by Gasteiger charge is -2.06. The predicted molar refractivity (Wildman–Crippen MR) is 91.0 cm³/mol. The van der Waals surface area contributed by atoms with Crippen LogP contribution >= 0.6 is 11.6 Å². The van der Waals surface area contributed by atoms with Gasteiger partial charge in [0.05, 0.1) is 11.2 Å². The SMILES string of the molecule is Cc1cc(C)n(CCCNC(=O)c2nnc3ccc(Cl)cc3n2)n1. The van der Waals surface area contributed by atoms with E-state index in [2.05, 4.69) is 25.6 Å². The van der Waals surface area contributed by atoms with Crippen LogP contribution in [-0.2, 0) is 6.54 Å². The molecule has 1 N–H and O–H groups in total. The smallest absolute Gasteiger partial charge is 0.291 e. The molecule has 7 nitrogen and oxygen atoms in total. The average molecular weight is 345 g/mol. The van der Waals surface area contributed by atoms with Crippen molar-refractivity contribution in [3.8, 4) is 0 Å². The van der Waals surface area contributed by atoms with Gasteiger partial charge < -0.3 is 5.32 Å². The molecule has 1 amide bonds. The van der Waals surface area contributed by atoms with Crippen molar-refractivity contribution in [2.75, 3.05) is 6.54 Å². The molecule has 2 heterocycles. The van der Waals surface area contributed by atoms with Gasteiger partial charge >= 0.3 is 0 Å². The molecule has 0 saturated carbocycles. The second-order valence-electron chi connectivity index (χ2n) is 5.53. The highest BCUT2D eigenvalue weighted by molar-refractivity contribution is 6.31. The fourth-order valence-corrected chi connectivity index (χ4v) is 2.58. The maximum absolute atomic E-state index is 12.1. The molecule has 0 atom stereocenters. The van der Waals surface area contributed by atoms with Crippen LogP contribution in [0.4, 0.5) is 0 Å². The van der Waals surface area contributed by atoms with Gasteiger partial charge in [-0.3, -0.25) is 9.48 Å². The molecule has 0 aliphatic carbocycles. The second-order valence-corrected chi connectivity index (χ2v) is 5.96. The van der Waals surface area contributed by atoms with Crippen molar-refractivity contribution in [3.05, 3.63) is 46.5 Å². The lowest BCUT2D eigenvalue weighted by molar-refractivity contribution is 0.0941. The van der Waals surface area contributed by atoms with E-state index in [4.69, 9.17) is 11.6 Å². The molecule has 8 heteroatoms. The Labute approximate surface area is 144 Å². The first-order chi connectivity index (χ1) is 11.5. The molecule has 2 aromatic heterocycles. The molecule has 0 fully saturated rings. The van der Waals surface area contributed by atoms with Crippen LogP contribution in [0.2, 0.25) is 5.02 Å². The number of fused-ring (bicyclic) bond motifs is 1. The zero-order valence-corrected chi connectivity index (χ0v) is 14.2. The third-order valence-corrected chi connectivity index (χ3v) is 3.79. The van der Waals surface area contributed by atoms with Gasteiger partial charge in [-0.1, -0.05) is 11.6 Å². The van der Waals surface area contributed by atoms with Crippen LogP contribution in [0.3, 0.4) is 0 Å². The number of halogens is 1. The van der Waals surface area contributed by atoms with E-state index in [0.717, 1.165) is 24.4 Å². The van der Waals surface area contributed by atoms with Crippen molar-refractivity contribution in [1.82, 2.24) is 30.3 Å². The molecular weight excluding hydrogens is 328 g/mol. The fourth-order valence-electron chi connectivity index (χ4n) is 2.42. The number of nitrogens with zero attached hydrogens (tertiary/aromatic N) is 5. The lowest BCUT2D eigenvalue weighted by atomic mass is 10.3. The van der Waals surface area contributed by atoms with Crippen molar-refractivity contribution >= 4 is 28.5 Å². The largest absolute Gasteiger partial charge is 0.349 e. The van der Waals surface area contributed by atoms with Crippen LogP contribution in [0.15, 0.2) is 24.3 Å². The van der Waals surface area contributed by atoms with Crippen LogP contribution < -0.4 is 5.32 Å². The van der Waals surface area contributed by atoms with Crippen molar-refractivity contribution in [2.45, 2.75) is 26.8 Å². The number of hydrogen-bond acceptors (Lipinski definition) is 5. The minimum Gasteiger partial charge on any atom is -0.349 e. The summed E-state index contributed by atoms with van der Waals surface area (Å²) in [4.78, 5) is 16.3. The Morgan fingerprint density at radius 2 is 2.04 bits per heavy atom. The number of benzene rings is 1. The molecule has 24 heavy (non-hydrogen) atoms. The Bertz CT molecular complexity index is 891. The number of amides is 1. The van der Waals surface area contributed by atoms with Crippen LogP contribution in [-0.4, -0.2) is 37.4 Å². The predicted octanol–water partition coefficient (Wildman–Crippen LogP) is 2.31. The normalized spacial score (nSPS) is 11.0. The second kappa shape index (κ2) is 6.92. The van der Waals surface area contributed by atoms with Crippen LogP contribution in [0.25, 0.3) is 11.0 Å². The maximum Gasteiger partial charge on any atom is 0.291 e. The van der Waals surface area contributed by atoms with E-state index >= 15 is 0 Å². The van der Waals surface area contributed by atoms with Crippen molar-refractivity contribution in [2.24, 2.45) is 0 Å². The highest BCUT2D eigenvalue weighted by Crippen LogP contribution is 2.15. The third-order valence-electron chi connectivity index (χ3n) is 3.55. The van der Waals surface area contributed by atoms with Crippen molar-refractivity contribution < 1.29 is 4.79 Å². The van der Waals surface area contributed by atoms with E-state index < -0.39 is 0 Å². The van der Waals surface area contributed by atoms with Gasteiger partial charge in [0.2, 0.25) is 5.82 Å². The van der Waals surface area contributed by atoms with Gasteiger partial charge in [0.15, 0.2) is 0 Å². The fraction of sp³-hybridized carbons (Fsp3) is 0.312. The molecule has 3 rings (SSSR count). The molecule has 0 saturated heterocycles. The first-order valence-corrected chi connectivity index (χ1v) is 8.00. The van der Waals surface area contributed by atoms with Gasteiger partial charge in [-0.05, 0) is 44.5 Å². The summed E-state index contributed by atoms with van der Waals surface area (Å²) in [5.41, 5.74) is 3.24. The summed E-state index contributed by atoms with van der Waals surface area (Å²) < 4.78 is 1.93. The molecule has 124 valence electrons. The van der Waals surface area contributed by atoms with Gasteiger partial charge in [0.1, 0.15) is 5.52 Å². The minimum absolute atomic E-state index is 0.0379. The van der Waals surface area contributed by atoms with Gasteiger partial charge in [0, 0.05) is 23.8 Å². The topological polar surface area (TPSA) is 85.6 Å². The summed E-state index contributed by atoms with van der Waals surface area (Å²) in [7, 11) is 0. The highest BCUT2D eigenvalue weighted by Gasteiger charge is 2.11. The summed E-state index contributed by atoms with van der Waals surface area (Å²) in [5, 5.41) is 15.6. The Morgan fingerprint density at radius 3 is 2.79 bits per heavy atom. The van der Waals surface area contributed by atoms with Crippen molar-refractivity contribution in [3.63, 3.8) is 0 Å². The summed E-state index contributed by atoms with van der Waals surface area (Å²) in [5.74, 6) is -0.311. The van der Waals surface area contributed by atoms with Gasteiger partial charge in [-0.25, -0.2) is 4.98 Å². The third kappa shape index (κ3) is 3.68. The number of aromatic nitrogens is 5. The summed E-state index contributed by atoms with van der Waals surface area (Å²) in [6.07, 6.45) is 0.764. The Kier molecular flexibility index (Phi) is 4.71. The summed E-state index contributed by atoms with van der Waals surface area (Å²) in [6.45, 7) is 5.22. The quantitative estimate of drug-likeness (QED) is 0.718. The van der Waals surface area contributed by atoms with E-state index in [1.807, 2.05) is 24.6 Å². The van der Waals surface area contributed by atoms with E-state index in [9.17, 15) is 4.79 Å². The molecule has 0 spiro atoms. The Hall–Kier alpha value is -2.54. The maximum atomic E-state index is 12.1. The van der Waals surface area contributed by atoms with Gasteiger partial charge in [-0.15, -0.1) is 10.2 Å². The molecule has 0 unspecified atom stereocenters. The molecule has 1 aromatic carbocycles. The molecule has 0 bridgehead atoms. The zero-order valence-electron chi connectivity index (χ0n) is 13.5. The van der Waals surface area contributed by atoms with E-state index in [1.54, 1.807) is 18.2 Å².